The van der Waals surface area contributed by atoms with Gasteiger partial charge < -0.3 is 9.15 Å². The Kier molecular flexibility index (Phi) is 2.70. The summed E-state index contributed by atoms with van der Waals surface area (Å²) < 4.78 is 10.7. The highest BCUT2D eigenvalue weighted by molar-refractivity contribution is 5.73. The Bertz CT molecular complexity index is 461. The Morgan fingerprint density at radius 3 is 2.93 bits per heavy atom. The fourth-order valence-corrected chi connectivity index (χ4v) is 1.64. The van der Waals surface area contributed by atoms with Crippen LogP contribution in [-0.2, 0) is 4.74 Å². The molecule has 15 heavy (non-hydrogen) atoms. The minimum absolute atomic E-state index is 0.111. The minimum Gasteiger partial charge on any atom is -0.441 e. The normalized spacial score (nSPS) is 13.3. The molecule has 0 aliphatic carbocycles. The lowest BCUT2D eigenvalue weighted by molar-refractivity contribution is 0.0809. The summed E-state index contributed by atoms with van der Waals surface area (Å²) in [6, 6.07) is 5.86. The van der Waals surface area contributed by atoms with Gasteiger partial charge >= 0.3 is 0 Å². The monoisotopic (exact) mass is 206 g/mol. The van der Waals surface area contributed by atoms with Crippen molar-refractivity contribution in [1.82, 2.24) is 10.3 Å². The topological polar surface area (TPSA) is 47.3 Å². The molecule has 4 heteroatoms. The number of hydrogen-bond acceptors (Lipinski definition) is 4. The standard InChI is InChI=1S/C11H14N2O2/c1-7-13-9-5-4-8(6-10(9)15-7)11(12-2)14-3/h4-6,11-12H,1-3H3. The maximum atomic E-state index is 5.45. The second-order valence-electron chi connectivity index (χ2n) is 3.36. The Balaban J connectivity index is 2.45. The van der Waals surface area contributed by atoms with E-state index in [4.69, 9.17) is 9.15 Å². The third-order valence-corrected chi connectivity index (χ3v) is 2.32. The molecule has 1 aromatic carbocycles. The maximum Gasteiger partial charge on any atom is 0.192 e. The number of aromatic nitrogens is 1. The summed E-state index contributed by atoms with van der Waals surface area (Å²) in [6.45, 7) is 1.84. The van der Waals surface area contributed by atoms with E-state index >= 15 is 0 Å². The molecule has 0 radical (unpaired) electrons. The van der Waals surface area contributed by atoms with Crippen molar-refractivity contribution < 1.29 is 9.15 Å². The molecule has 0 aliphatic rings. The van der Waals surface area contributed by atoms with Crippen LogP contribution in [0.2, 0.25) is 0 Å². The van der Waals surface area contributed by atoms with Crippen LogP contribution in [0.4, 0.5) is 0 Å². The zero-order valence-electron chi connectivity index (χ0n) is 9.07. The van der Waals surface area contributed by atoms with E-state index in [9.17, 15) is 0 Å². The van der Waals surface area contributed by atoms with E-state index in [1.807, 2.05) is 32.2 Å². The Labute approximate surface area is 88.3 Å². The van der Waals surface area contributed by atoms with Crippen molar-refractivity contribution >= 4 is 11.1 Å². The van der Waals surface area contributed by atoms with Crippen LogP contribution >= 0.6 is 0 Å². The molecule has 1 heterocycles. The molecule has 2 rings (SSSR count). The molecule has 1 atom stereocenters. The van der Waals surface area contributed by atoms with E-state index in [1.54, 1.807) is 7.11 Å². The number of fused-ring (bicyclic) bond motifs is 1. The number of rotatable bonds is 3. The molecule has 1 aromatic heterocycles. The largest absolute Gasteiger partial charge is 0.441 e. The highest BCUT2D eigenvalue weighted by Crippen LogP contribution is 2.21. The molecular formula is C11H14N2O2. The molecule has 0 amide bonds. The van der Waals surface area contributed by atoms with Gasteiger partial charge in [-0.1, -0.05) is 6.07 Å². The molecular weight excluding hydrogens is 192 g/mol. The first-order valence-corrected chi connectivity index (χ1v) is 4.81. The SMILES string of the molecule is CNC(OC)c1ccc2nc(C)oc2c1. The van der Waals surface area contributed by atoms with Gasteiger partial charge in [-0.2, -0.15) is 0 Å². The van der Waals surface area contributed by atoms with Crippen LogP contribution in [0.1, 0.15) is 17.7 Å². The molecule has 0 spiro atoms. The van der Waals surface area contributed by atoms with E-state index in [0.717, 1.165) is 16.7 Å². The van der Waals surface area contributed by atoms with Crippen LogP contribution in [0.5, 0.6) is 0 Å². The number of methoxy groups -OCH3 is 1. The van der Waals surface area contributed by atoms with Crippen LogP contribution in [0, 0.1) is 6.92 Å². The third kappa shape index (κ3) is 1.86. The Hall–Kier alpha value is -1.39. The van der Waals surface area contributed by atoms with E-state index in [1.165, 1.54) is 0 Å². The molecule has 80 valence electrons. The highest BCUT2D eigenvalue weighted by atomic mass is 16.5. The van der Waals surface area contributed by atoms with Gasteiger partial charge in [-0.25, -0.2) is 4.98 Å². The summed E-state index contributed by atoms with van der Waals surface area (Å²) in [6.07, 6.45) is -0.111. The third-order valence-electron chi connectivity index (χ3n) is 2.32. The van der Waals surface area contributed by atoms with Crippen molar-refractivity contribution in [2.45, 2.75) is 13.2 Å². The first kappa shape index (κ1) is 10.1. The molecule has 1 unspecified atom stereocenters. The fraction of sp³-hybridized carbons (Fsp3) is 0.364. The van der Waals surface area contributed by atoms with Gasteiger partial charge in [0.2, 0.25) is 0 Å². The van der Waals surface area contributed by atoms with Crippen LogP contribution in [0.25, 0.3) is 11.1 Å². The summed E-state index contributed by atoms with van der Waals surface area (Å²) in [5.74, 6) is 0.681. The van der Waals surface area contributed by atoms with E-state index in [2.05, 4.69) is 10.3 Å². The lowest BCUT2D eigenvalue weighted by Gasteiger charge is -2.13. The van der Waals surface area contributed by atoms with Crippen molar-refractivity contribution in [2.75, 3.05) is 14.2 Å². The van der Waals surface area contributed by atoms with Gasteiger partial charge in [0.1, 0.15) is 11.7 Å². The van der Waals surface area contributed by atoms with E-state index in [-0.39, 0.29) is 6.23 Å². The molecule has 0 aliphatic heterocycles. The number of nitrogens with one attached hydrogen (secondary N) is 1. The van der Waals surface area contributed by atoms with Gasteiger partial charge in [0, 0.05) is 14.0 Å². The highest BCUT2D eigenvalue weighted by Gasteiger charge is 2.10. The van der Waals surface area contributed by atoms with Crippen molar-refractivity contribution in [2.24, 2.45) is 0 Å². The van der Waals surface area contributed by atoms with Gasteiger partial charge in [0.05, 0.1) is 0 Å². The maximum absolute atomic E-state index is 5.45. The summed E-state index contributed by atoms with van der Waals surface area (Å²) in [5, 5.41) is 3.06. The predicted octanol–water partition coefficient (Wildman–Crippen LogP) is 2.00. The molecule has 0 fully saturated rings. The van der Waals surface area contributed by atoms with E-state index in [0.29, 0.717) is 5.89 Å². The lowest BCUT2D eigenvalue weighted by Crippen LogP contribution is -2.17. The first-order valence-electron chi connectivity index (χ1n) is 4.81. The number of oxazole rings is 1. The van der Waals surface area contributed by atoms with Crippen LogP contribution < -0.4 is 5.32 Å². The van der Waals surface area contributed by atoms with Gasteiger partial charge in [0.15, 0.2) is 11.5 Å². The van der Waals surface area contributed by atoms with Crippen molar-refractivity contribution in [3.63, 3.8) is 0 Å². The van der Waals surface area contributed by atoms with E-state index < -0.39 is 0 Å². The number of benzene rings is 1. The summed E-state index contributed by atoms with van der Waals surface area (Å²) in [4.78, 5) is 4.24. The predicted molar refractivity (Wildman–Crippen MR) is 57.6 cm³/mol. The second kappa shape index (κ2) is 4.00. The summed E-state index contributed by atoms with van der Waals surface area (Å²) >= 11 is 0. The quantitative estimate of drug-likeness (QED) is 0.780. The van der Waals surface area contributed by atoms with Crippen molar-refractivity contribution in [1.29, 1.82) is 0 Å². The minimum atomic E-state index is -0.111. The second-order valence-corrected chi connectivity index (χ2v) is 3.36. The first-order chi connectivity index (χ1) is 7.24. The van der Waals surface area contributed by atoms with Gasteiger partial charge in [-0.15, -0.1) is 0 Å². The van der Waals surface area contributed by atoms with Crippen LogP contribution in [0.3, 0.4) is 0 Å². The smallest absolute Gasteiger partial charge is 0.192 e. The van der Waals surface area contributed by atoms with Gasteiger partial charge in [-0.3, -0.25) is 5.32 Å². The summed E-state index contributed by atoms with van der Waals surface area (Å²) in [7, 11) is 3.51. The average Bonchev–Trinajstić information content (AvgIpc) is 2.59. The van der Waals surface area contributed by atoms with Gasteiger partial charge in [-0.05, 0) is 24.7 Å². The molecule has 2 aromatic rings. The lowest BCUT2D eigenvalue weighted by atomic mass is 10.2. The number of aryl methyl sites for hydroxylation is 1. The fourth-order valence-electron chi connectivity index (χ4n) is 1.64. The van der Waals surface area contributed by atoms with Crippen LogP contribution in [-0.4, -0.2) is 19.1 Å². The number of nitrogens with zero attached hydrogens (tertiary/aromatic N) is 1. The molecule has 0 bridgehead atoms. The molecule has 0 saturated carbocycles. The Morgan fingerprint density at radius 1 is 1.47 bits per heavy atom. The van der Waals surface area contributed by atoms with Crippen molar-refractivity contribution in [3.8, 4) is 0 Å². The zero-order chi connectivity index (χ0) is 10.8. The summed E-state index contributed by atoms with van der Waals surface area (Å²) in [5.41, 5.74) is 2.70. The van der Waals surface area contributed by atoms with Crippen molar-refractivity contribution in [3.05, 3.63) is 29.7 Å². The molecule has 4 nitrogen and oxygen atoms in total. The van der Waals surface area contributed by atoms with Gasteiger partial charge in [0.25, 0.3) is 0 Å². The Morgan fingerprint density at radius 2 is 2.27 bits per heavy atom. The molecule has 0 saturated heterocycles. The van der Waals surface area contributed by atoms with Crippen LogP contribution in [0.15, 0.2) is 22.6 Å². The number of ether oxygens (including phenoxy) is 1. The molecule has 1 N–H and O–H groups in total. The average molecular weight is 206 g/mol. The number of hydrogen-bond donors (Lipinski definition) is 1. The zero-order valence-corrected chi connectivity index (χ0v) is 9.07.